The van der Waals surface area contributed by atoms with Gasteiger partial charge in [0.2, 0.25) is 0 Å². The van der Waals surface area contributed by atoms with Crippen LogP contribution in [-0.2, 0) is 0 Å². The Labute approximate surface area is 213 Å². The average Bonchev–Trinajstić information content (AvgIpc) is 3.24. The molecule has 2 heterocycles. The van der Waals surface area contributed by atoms with E-state index in [4.69, 9.17) is 32.7 Å². The lowest BCUT2D eigenvalue weighted by atomic mass is 10.1. The van der Waals surface area contributed by atoms with Crippen molar-refractivity contribution in [2.24, 2.45) is 0 Å². The summed E-state index contributed by atoms with van der Waals surface area (Å²) in [6, 6.07) is 12.0. The van der Waals surface area contributed by atoms with Gasteiger partial charge >= 0.3 is 0 Å². The van der Waals surface area contributed by atoms with Gasteiger partial charge in [-0.05, 0) is 37.6 Å². The zero-order valence-corrected chi connectivity index (χ0v) is 21.7. The minimum absolute atomic E-state index is 0.131. The van der Waals surface area contributed by atoms with Crippen molar-refractivity contribution in [2.45, 2.75) is 19.9 Å². The molecule has 0 aliphatic carbocycles. The third-order valence-electron chi connectivity index (χ3n) is 5.48. The number of anilines is 3. The van der Waals surface area contributed by atoms with Gasteiger partial charge in [0.25, 0.3) is 0 Å². The lowest BCUT2D eigenvalue weighted by Gasteiger charge is -2.18. The zero-order chi connectivity index (χ0) is 24.4. The van der Waals surface area contributed by atoms with Gasteiger partial charge < -0.3 is 20.1 Å². The standard InChI is InChI=1S/C26H25Cl2N3O2S/c1-6-15(3)30-17-9-7-8-14(2)26(17)31-22-12-20-16(13-29-22)10-21(34-20)23-24(27)18(32-4)11-19(33-5)25(23)28/h6-13,15,30H,1H2,2-5H3,(H,29,31). The second kappa shape index (κ2) is 10.1. The largest absolute Gasteiger partial charge is 0.495 e. The number of aromatic nitrogens is 1. The Bertz CT molecular complexity index is 1340. The molecule has 5 nitrogen and oxygen atoms in total. The van der Waals surface area contributed by atoms with Crippen LogP contribution < -0.4 is 20.1 Å². The lowest BCUT2D eigenvalue weighted by molar-refractivity contribution is 0.395. The number of aryl methyl sites for hydroxylation is 1. The average molecular weight is 514 g/mol. The van der Waals surface area contributed by atoms with Crippen molar-refractivity contribution >= 4 is 61.8 Å². The van der Waals surface area contributed by atoms with Crippen molar-refractivity contribution in [1.29, 1.82) is 0 Å². The van der Waals surface area contributed by atoms with Crippen LogP contribution in [-0.4, -0.2) is 25.2 Å². The van der Waals surface area contributed by atoms with Crippen LogP contribution in [0.3, 0.4) is 0 Å². The highest BCUT2D eigenvalue weighted by Crippen LogP contribution is 2.48. The molecule has 4 aromatic rings. The predicted molar refractivity (Wildman–Crippen MR) is 146 cm³/mol. The molecule has 0 bridgehead atoms. The van der Waals surface area contributed by atoms with E-state index in [2.05, 4.69) is 42.1 Å². The summed E-state index contributed by atoms with van der Waals surface area (Å²) in [7, 11) is 3.13. The van der Waals surface area contributed by atoms with E-state index in [-0.39, 0.29) is 6.04 Å². The molecule has 8 heteroatoms. The maximum absolute atomic E-state index is 6.63. The van der Waals surface area contributed by atoms with Gasteiger partial charge in [0.05, 0.1) is 35.6 Å². The van der Waals surface area contributed by atoms with Gasteiger partial charge in [-0.3, -0.25) is 0 Å². The molecule has 1 unspecified atom stereocenters. The maximum Gasteiger partial charge on any atom is 0.141 e. The van der Waals surface area contributed by atoms with Crippen LogP contribution in [0, 0.1) is 6.92 Å². The molecule has 0 aliphatic rings. The van der Waals surface area contributed by atoms with Crippen LogP contribution in [0.25, 0.3) is 20.5 Å². The van der Waals surface area contributed by atoms with Crippen molar-refractivity contribution in [1.82, 2.24) is 4.98 Å². The van der Waals surface area contributed by atoms with E-state index in [1.165, 1.54) is 0 Å². The summed E-state index contributed by atoms with van der Waals surface area (Å²) < 4.78 is 11.9. The summed E-state index contributed by atoms with van der Waals surface area (Å²) in [6.45, 7) is 7.98. The number of fused-ring (bicyclic) bond motifs is 1. The Morgan fingerprint density at radius 3 is 2.44 bits per heavy atom. The zero-order valence-electron chi connectivity index (χ0n) is 19.3. The number of nitrogens with zero attached hydrogens (tertiary/aromatic N) is 1. The van der Waals surface area contributed by atoms with Crippen LogP contribution in [0.15, 0.2) is 55.3 Å². The number of rotatable bonds is 8. The summed E-state index contributed by atoms with van der Waals surface area (Å²) in [4.78, 5) is 5.54. The molecule has 2 aromatic carbocycles. The van der Waals surface area contributed by atoms with E-state index in [9.17, 15) is 0 Å². The smallest absolute Gasteiger partial charge is 0.141 e. The van der Waals surface area contributed by atoms with Crippen molar-refractivity contribution in [2.75, 3.05) is 24.9 Å². The molecule has 0 spiro atoms. The Morgan fingerprint density at radius 1 is 1.09 bits per heavy atom. The van der Waals surface area contributed by atoms with Crippen LogP contribution in [0.1, 0.15) is 12.5 Å². The molecule has 176 valence electrons. The molecule has 0 fully saturated rings. The molecule has 2 N–H and O–H groups in total. The summed E-state index contributed by atoms with van der Waals surface area (Å²) in [6.07, 6.45) is 3.71. The first kappa shape index (κ1) is 24.2. The molecule has 1 atom stereocenters. The number of hydrogen-bond acceptors (Lipinski definition) is 6. The monoisotopic (exact) mass is 513 g/mol. The van der Waals surface area contributed by atoms with Gasteiger partial charge in [-0.15, -0.1) is 17.9 Å². The van der Waals surface area contributed by atoms with Crippen LogP contribution >= 0.6 is 34.5 Å². The molecular formula is C26H25Cl2N3O2S. The van der Waals surface area contributed by atoms with Crippen LogP contribution in [0.2, 0.25) is 10.0 Å². The number of thiophene rings is 1. The van der Waals surface area contributed by atoms with Gasteiger partial charge in [0.15, 0.2) is 0 Å². The van der Waals surface area contributed by atoms with Crippen molar-refractivity contribution in [3.05, 3.63) is 70.9 Å². The van der Waals surface area contributed by atoms with Gasteiger partial charge in [0.1, 0.15) is 17.3 Å². The van der Waals surface area contributed by atoms with E-state index < -0.39 is 0 Å². The van der Waals surface area contributed by atoms with E-state index in [0.29, 0.717) is 27.1 Å². The first-order valence-electron chi connectivity index (χ1n) is 10.6. The van der Waals surface area contributed by atoms with Crippen molar-refractivity contribution in [3.63, 3.8) is 0 Å². The number of pyridine rings is 1. The molecule has 0 radical (unpaired) electrons. The number of methoxy groups -OCH3 is 2. The minimum Gasteiger partial charge on any atom is -0.495 e. The van der Waals surface area contributed by atoms with E-state index in [0.717, 1.165) is 37.7 Å². The summed E-state index contributed by atoms with van der Waals surface area (Å²) in [5.41, 5.74) is 3.75. The first-order valence-corrected chi connectivity index (χ1v) is 12.2. The molecule has 0 saturated carbocycles. The molecule has 34 heavy (non-hydrogen) atoms. The maximum atomic E-state index is 6.63. The second-order valence-electron chi connectivity index (χ2n) is 7.79. The highest BCUT2D eigenvalue weighted by Gasteiger charge is 2.20. The summed E-state index contributed by atoms with van der Waals surface area (Å²) in [5.74, 6) is 1.75. The molecule has 4 rings (SSSR count). The van der Waals surface area contributed by atoms with E-state index >= 15 is 0 Å². The third-order valence-corrected chi connectivity index (χ3v) is 7.35. The molecule has 0 amide bonds. The highest BCUT2D eigenvalue weighted by molar-refractivity contribution is 7.22. The normalized spacial score (nSPS) is 11.8. The fourth-order valence-electron chi connectivity index (χ4n) is 3.61. The Balaban J connectivity index is 1.74. The SMILES string of the molecule is C=CC(C)Nc1cccc(C)c1Nc1cc2sc(-c3c(Cl)c(OC)cc(OC)c3Cl)cc2cn1. The van der Waals surface area contributed by atoms with Gasteiger partial charge in [0, 0.05) is 38.8 Å². The number of benzene rings is 2. The van der Waals surface area contributed by atoms with Crippen molar-refractivity contribution in [3.8, 4) is 21.9 Å². The minimum atomic E-state index is 0.131. The number of para-hydroxylation sites is 1. The summed E-state index contributed by atoms with van der Waals surface area (Å²) in [5, 5.41) is 8.81. The van der Waals surface area contributed by atoms with Gasteiger partial charge in [-0.25, -0.2) is 4.98 Å². The Hall–Kier alpha value is -2.93. The lowest BCUT2D eigenvalue weighted by Crippen LogP contribution is -2.13. The number of halogens is 2. The highest BCUT2D eigenvalue weighted by atomic mass is 35.5. The molecule has 2 aromatic heterocycles. The number of hydrogen-bond donors (Lipinski definition) is 2. The molecular weight excluding hydrogens is 489 g/mol. The third kappa shape index (κ3) is 4.67. The van der Waals surface area contributed by atoms with Gasteiger partial charge in [-0.1, -0.05) is 41.4 Å². The molecule has 0 aliphatic heterocycles. The molecule has 0 saturated heterocycles. The summed E-state index contributed by atoms with van der Waals surface area (Å²) >= 11 is 14.8. The van der Waals surface area contributed by atoms with Crippen LogP contribution in [0.4, 0.5) is 17.2 Å². The van der Waals surface area contributed by atoms with E-state index in [1.807, 2.05) is 36.5 Å². The fourth-order valence-corrected chi connectivity index (χ4v) is 5.56. The van der Waals surface area contributed by atoms with Gasteiger partial charge in [-0.2, -0.15) is 0 Å². The topological polar surface area (TPSA) is 55.4 Å². The quantitative estimate of drug-likeness (QED) is 0.232. The fraction of sp³-hybridized carbons (Fsp3) is 0.192. The Morgan fingerprint density at radius 2 is 1.79 bits per heavy atom. The van der Waals surface area contributed by atoms with Crippen LogP contribution in [0.5, 0.6) is 11.5 Å². The van der Waals surface area contributed by atoms with E-state index in [1.54, 1.807) is 31.6 Å². The second-order valence-corrected chi connectivity index (χ2v) is 9.63. The number of nitrogens with one attached hydrogen (secondary N) is 2. The number of ether oxygens (including phenoxy) is 2. The first-order chi connectivity index (χ1) is 16.4. The van der Waals surface area contributed by atoms with Crippen molar-refractivity contribution < 1.29 is 9.47 Å². The Kier molecular flexibility index (Phi) is 7.22. The predicted octanol–water partition coefficient (Wildman–Crippen LogP) is 8.33.